The zero-order valence-electron chi connectivity index (χ0n) is 15.8. The van der Waals surface area contributed by atoms with Crippen LogP contribution in [0, 0.1) is 5.92 Å². The second-order valence-electron chi connectivity index (χ2n) is 7.48. The second-order valence-corrected chi connectivity index (χ2v) is 7.48. The Balaban J connectivity index is 1.77. The fourth-order valence-electron chi connectivity index (χ4n) is 3.55. The maximum atomic E-state index is 12.8. The first-order valence-corrected chi connectivity index (χ1v) is 9.55. The highest BCUT2D eigenvalue weighted by Gasteiger charge is 2.33. The van der Waals surface area contributed by atoms with Gasteiger partial charge in [-0.2, -0.15) is 0 Å². The number of rotatable bonds is 8. The molecule has 144 valence electrons. The number of aliphatic hydroxyl groups is 1. The molecule has 2 heterocycles. The number of piperazine rings is 1. The van der Waals surface area contributed by atoms with E-state index in [4.69, 9.17) is 5.11 Å². The summed E-state index contributed by atoms with van der Waals surface area (Å²) >= 11 is 0. The van der Waals surface area contributed by atoms with E-state index < -0.39 is 0 Å². The zero-order valence-corrected chi connectivity index (χ0v) is 15.8. The van der Waals surface area contributed by atoms with Crippen LogP contribution in [0.15, 0.2) is 0 Å². The maximum absolute atomic E-state index is 12.8. The van der Waals surface area contributed by atoms with Gasteiger partial charge in [0.05, 0.1) is 5.92 Å². The van der Waals surface area contributed by atoms with Gasteiger partial charge in [0, 0.05) is 58.8 Å². The molecule has 2 saturated heterocycles. The molecule has 2 aliphatic heterocycles. The van der Waals surface area contributed by atoms with Gasteiger partial charge in [-0.1, -0.05) is 0 Å². The van der Waals surface area contributed by atoms with E-state index in [0.29, 0.717) is 25.9 Å². The molecule has 1 atom stereocenters. The lowest BCUT2D eigenvalue weighted by Gasteiger charge is -2.39. The summed E-state index contributed by atoms with van der Waals surface area (Å²) in [6.07, 6.45) is 3.03. The van der Waals surface area contributed by atoms with Gasteiger partial charge in [-0.25, -0.2) is 0 Å². The molecule has 2 fully saturated rings. The number of aliphatic hydroxyl groups excluding tert-OH is 1. The first-order valence-electron chi connectivity index (χ1n) is 9.55. The smallest absolute Gasteiger partial charge is 0.227 e. The highest BCUT2D eigenvalue weighted by atomic mass is 16.3. The molecule has 7 nitrogen and oxygen atoms in total. The lowest BCUT2D eigenvalue weighted by molar-refractivity contribution is -0.144. The van der Waals surface area contributed by atoms with E-state index >= 15 is 0 Å². The van der Waals surface area contributed by atoms with Crippen LogP contribution in [0.25, 0.3) is 0 Å². The van der Waals surface area contributed by atoms with Gasteiger partial charge in [0.2, 0.25) is 11.8 Å². The third kappa shape index (κ3) is 6.24. The van der Waals surface area contributed by atoms with Crippen LogP contribution in [0.1, 0.15) is 25.7 Å². The van der Waals surface area contributed by atoms with Crippen molar-refractivity contribution in [1.82, 2.24) is 19.6 Å². The number of hydrogen-bond acceptors (Lipinski definition) is 5. The molecule has 0 aromatic carbocycles. The number of carbonyl (C=O) groups is 2. The highest BCUT2D eigenvalue weighted by molar-refractivity contribution is 5.84. The van der Waals surface area contributed by atoms with Crippen LogP contribution in [-0.2, 0) is 9.59 Å². The molecule has 0 aliphatic carbocycles. The van der Waals surface area contributed by atoms with Crippen LogP contribution >= 0.6 is 0 Å². The average molecular weight is 354 g/mol. The monoisotopic (exact) mass is 354 g/mol. The lowest BCUT2D eigenvalue weighted by Crippen LogP contribution is -2.53. The van der Waals surface area contributed by atoms with Crippen molar-refractivity contribution in [3.8, 4) is 0 Å². The maximum Gasteiger partial charge on any atom is 0.227 e. The Morgan fingerprint density at radius 2 is 1.88 bits per heavy atom. The largest absolute Gasteiger partial charge is 0.396 e. The van der Waals surface area contributed by atoms with Gasteiger partial charge in [-0.05, 0) is 39.9 Å². The summed E-state index contributed by atoms with van der Waals surface area (Å²) in [7, 11) is 3.99. The van der Waals surface area contributed by atoms with Crippen molar-refractivity contribution in [1.29, 1.82) is 0 Å². The molecule has 0 unspecified atom stereocenters. The third-order valence-corrected chi connectivity index (χ3v) is 5.23. The van der Waals surface area contributed by atoms with Crippen molar-refractivity contribution < 1.29 is 14.7 Å². The van der Waals surface area contributed by atoms with Crippen LogP contribution in [0.4, 0.5) is 0 Å². The standard InChI is InChI=1S/C18H34N4O3/c1-19(2)8-11-22-15-16(5-6-17(22)24)18(25)21-12-9-20(10-13-21)7-3-4-14-23/h16,23H,3-15H2,1-2H3/t16-/m0/s1. The number of likely N-dealkylation sites (tertiary alicyclic amines) is 1. The Morgan fingerprint density at radius 3 is 2.52 bits per heavy atom. The molecule has 0 aromatic rings. The Labute approximate surface area is 151 Å². The van der Waals surface area contributed by atoms with Gasteiger partial charge in [-0.15, -0.1) is 0 Å². The Hall–Kier alpha value is -1.18. The van der Waals surface area contributed by atoms with E-state index in [1.54, 1.807) is 0 Å². The molecule has 0 bridgehead atoms. The summed E-state index contributed by atoms with van der Waals surface area (Å²) in [6.45, 7) is 6.73. The normalized spacial score (nSPS) is 22.7. The van der Waals surface area contributed by atoms with E-state index in [2.05, 4.69) is 9.80 Å². The predicted molar refractivity (Wildman–Crippen MR) is 97.2 cm³/mol. The van der Waals surface area contributed by atoms with Crippen molar-refractivity contribution in [2.45, 2.75) is 25.7 Å². The topological polar surface area (TPSA) is 67.3 Å². The number of carbonyl (C=O) groups excluding carboxylic acids is 2. The molecule has 2 aliphatic rings. The summed E-state index contributed by atoms with van der Waals surface area (Å²) in [5, 5.41) is 8.86. The first kappa shape index (κ1) is 20.1. The van der Waals surface area contributed by atoms with Crippen molar-refractivity contribution >= 4 is 11.8 Å². The van der Waals surface area contributed by atoms with Crippen LogP contribution in [0.5, 0.6) is 0 Å². The van der Waals surface area contributed by atoms with Gasteiger partial charge >= 0.3 is 0 Å². The van der Waals surface area contributed by atoms with E-state index in [-0.39, 0.29) is 24.3 Å². The number of amides is 2. The number of likely N-dealkylation sites (N-methyl/N-ethyl adjacent to an activating group) is 1. The van der Waals surface area contributed by atoms with Crippen molar-refractivity contribution in [3.05, 3.63) is 0 Å². The molecule has 2 amide bonds. The Bertz CT molecular complexity index is 436. The second kappa shape index (κ2) is 10.1. The van der Waals surface area contributed by atoms with E-state index in [0.717, 1.165) is 52.1 Å². The van der Waals surface area contributed by atoms with Gasteiger partial charge in [0.1, 0.15) is 0 Å². The minimum absolute atomic E-state index is 0.0409. The van der Waals surface area contributed by atoms with Gasteiger partial charge in [0.25, 0.3) is 0 Å². The molecular formula is C18H34N4O3. The SMILES string of the molecule is CN(C)CCN1C[C@@H](C(=O)N2CCN(CCCCO)CC2)CCC1=O. The number of piperidine rings is 1. The minimum atomic E-state index is -0.0409. The molecule has 1 N–H and O–H groups in total. The number of hydrogen-bond donors (Lipinski definition) is 1. The van der Waals surface area contributed by atoms with E-state index in [1.807, 2.05) is 23.9 Å². The fraction of sp³-hybridized carbons (Fsp3) is 0.889. The number of unbranched alkanes of at least 4 members (excludes halogenated alkanes) is 1. The number of nitrogens with zero attached hydrogens (tertiary/aromatic N) is 4. The molecule has 0 spiro atoms. The van der Waals surface area contributed by atoms with E-state index in [1.165, 1.54) is 0 Å². The van der Waals surface area contributed by atoms with Crippen LogP contribution in [-0.4, -0.2) is 110 Å². The minimum Gasteiger partial charge on any atom is -0.396 e. The summed E-state index contributed by atoms with van der Waals surface area (Å²) in [6, 6.07) is 0. The quantitative estimate of drug-likeness (QED) is 0.607. The first-order chi connectivity index (χ1) is 12.0. The van der Waals surface area contributed by atoms with Gasteiger partial charge < -0.3 is 19.8 Å². The molecule has 0 saturated carbocycles. The predicted octanol–water partition coefficient (Wildman–Crippen LogP) is -0.297. The molecular weight excluding hydrogens is 320 g/mol. The zero-order chi connectivity index (χ0) is 18.2. The molecule has 0 aromatic heterocycles. The summed E-state index contributed by atoms with van der Waals surface area (Å²) in [4.78, 5) is 33.2. The molecule has 25 heavy (non-hydrogen) atoms. The van der Waals surface area contributed by atoms with Crippen LogP contribution in [0.3, 0.4) is 0 Å². The van der Waals surface area contributed by atoms with Crippen LogP contribution < -0.4 is 0 Å². The summed E-state index contributed by atoms with van der Waals surface area (Å²) in [5.41, 5.74) is 0. The lowest BCUT2D eigenvalue weighted by atomic mass is 9.95. The van der Waals surface area contributed by atoms with Crippen molar-refractivity contribution in [3.63, 3.8) is 0 Å². The van der Waals surface area contributed by atoms with Crippen LogP contribution in [0.2, 0.25) is 0 Å². The average Bonchev–Trinajstić information content (AvgIpc) is 2.61. The van der Waals surface area contributed by atoms with Crippen molar-refractivity contribution in [2.24, 2.45) is 5.92 Å². The van der Waals surface area contributed by atoms with Crippen molar-refractivity contribution in [2.75, 3.05) is 73.1 Å². The summed E-state index contributed by atoms with van der Waals surface area (Å²) in [5.74, 6) is 0.359. The van der Waals surface area contributed by atoms with Gasteiger partial charge in [-0.3, -0.25) is 14.5 Å². The summed E-state index contributed by atoms with van der Waals surface area (Å²) < 4.78 is 0. The third-order valence-electron chi connectivity index (χ3n) is 5.23. The highest BCUT2D eigenvalue weighted by Crippen LogP contribution is 2.20. The molecule has 7 heteroatoms. The molecule has 2 rings (SSSR count). The Morgan fingerprint density at radius 1 is 1.16 bits per heavy atom. The Kier molecular flexibility index (Phi) is 8.12. The molecule has 0 radical (unpaired) electrons. The van der Waals surface area contributed by atoms with Gasteiger partial charge in [0.15, 0.2) is 0 Å². The fourth-order valence-corrected chi connectivity index (χ4v) is 3.55. The van der Waals surface area contributed by atoms with E-state index in [9.17, 15) is 9.59 Å².